The maximum Gasteiger partial charge on any atom is 0.402 e. The lowest BCUT2D eigenvalue weighted by Gasteiger charge is -2.32. The minimum absolute atomic E-state index is 0.0720. The van der Waals surface area contributed by atoms with Crippen molar-refractivity contribution in [2.45, 2.75) is 46.3 Å². The van der Waals surface area contributed by atoms with Crippen LogP contribution in [0.25, 0.3) is 0 Å². The molecular formula is C14H23NO5Si. The van der Waals surface area contributed by atoms with E-state index in [4.69, 9.17) is 14.3 Å². The highest BCUT2D eigenvalue weighted by atomic mass is 28.2. The van der Waals surface area contributed by atoms with Crippen LogP contribution in [0, 0.1) is 5.92 Å². The number of carbonyl (C=O) groups excluding carboxylic acids is 1. The Morgan fingerprint density at radius 3 is 2.29 bits per heavy atom. The van der Waals surface area contributed by atoms with E-state index in [1.54, 1.807) is 31.4 Å². The van der Waals surface area contributed by atoms with Gasteiger partial charge in [-0.05, 0) is 38.8 Å². The molecule has 0 aliphatic carbocycles. The Kier molecular flexibility index (Phi) is 5.22. The molecule has 0 unspecified atom stereocenters. The van der Waals surface area contributed by atoms with Crippen LogP contribution in [0.3, 0.4) is 0 Å². The third-order valence-electron chi connectivity index (χ3n) is 2.86. The molecule has 1 amide bonds. The zero-order chi connectivity index (χ0) is 16.4. The van der Waals surface area contributed by atoms with E-state index in [9.17, 15) is 9.59 Å². The molecule has 0 saturated heterocycles. The molecule has 7 heteroatoms. The van der Waals surface area contributed by atoms with Crippen LogP contribution >= 0.6 is 0 Å². The minimum Gasteiger partial charge on any atom is -0.475 e. The predicted octanol–water partition coefficient (Wildman–Crippen LogP) is 2.19. The van der Waals surface area contributed by atoms with E-state index >= 15 is 0 Å². The summed E-state index contributed by atoms with van der Waals surface area (Å²) in [5.41, 5.74) is -0.573. The second-order valence-electron chi connectivity index (χ2n) is 6.29. The molecule has 1 aromatic heterocycles. The zero-order valence-corrected chi connectivity index (χ0v) is 15.3. The van der Waals surface area contributed by atoms with Crippen molar-refractivity contribution >= 4 is 22.5 Å². The van der Waals surface area contributed by atoms with Gasteiger partial charge >= 0.3 is 12.1 Å². The number of nitrogens with zero attached hydrogens (tertiary/aromatic N) is 1. The summed E-state index contributed by atoms with van der Waals surface area (Å²) in [6.07, 6.45) is -0.416. The molecule has 118 valence electrons. The highest BCUT2D eigenvalue weighted by molar-refractivity contribution is 6.13. The molecule has 1 heterocycles. The van der Waals surface area contributed by atoms with Crippen molar-refractivity contribution in [1.29, 1.82) is 0 Å². The molecule has 0 spiro atoms. The van der Waals surface area contributed by atoms with Gasteiger partial charge in [-0.15, -0.1) is 0 Å². The van der Waals surface area contributed by atoms with E-state index in [-0.39, 0.29) is 17.7 Å². The van der Waals surface area contributed by atoms with Gasteiger partial charge in [-0.3, -0.25) is 0 Å². The third-order valence-corrected chi connectivity index (χ3v) is 3.78. The Balaban J connectivity index is 3.00. The van der Waals surface area contributed by atoms with Crippen molar-refractivity contribution in [2.24, 2.45) is 5.92 Å². The number of furan rings is 1. The molecule has 0 bridgehead atoms. The molecule has 1 atom stereocenters. The van der Waals surface area contributed by atoms with Crippen molar-refractivity contribution in [3.05, 3.63) is 23.7 Å². The molecule has 0 aliphatic rings. The van der Waals surface area contributed by atoms with E-state index in [0.29, 0.717) is 16.2 Å². The van der Waals surface area contributed by atoms with E-state index < -0.39 is 17.7 Å². The summed E-state index contributed by atoms with van der Waals surface area (Å²) in [6.45, 7) is 9.31. The highest BCUT2D eigenvalue weighted by Crippen LogP contribution is 2.30. The largest absolute Gasteiger partial charge is 0.475 e. The average Bonchev–Trinajstić information content (AvgIpc) is 2.75. The molecule has 0 fully saturated rings. The number of amides is 1. The lowest BCUT2D eigenvalue weighted by molar-refractivity contribution is 0.0288. The molecule has 1 aromatic rings. The van der Waals surface area contributed by atoms with Crippen LogP contribution < -0.4 is 0 Å². The van der Waals surface area contributed by atoms with Crippen molar-refractivity contribution < 1.29 is 23.8 Å². The normalized spacial score (nSPS) is 13.2. The van der Waals surface area contributed by atoms with Gasteiger partial charge in [0.25, 0.3) is 0 Å². The lowest BCUT2D eigenvalue weighted by atomic mass is 10.0. The van der Waals surface area contributed by atoms with Gasteiger partial charge in [0.05, 0.1) is 6.04 Å². The van der Waals surface area contributed by atoms with Crippen molar-refractivity contribution in [3.63, 3.8) is 0 Å². The molecule has 0 radical (unpaired) electrons. The summed E-state index contributed by atoms with van der Waals surface area (Å²) in [5, 5.41) is 8.93. The number of carboxylic acids is 1. The smallest absolute Gasteiger partial charge is 0.402 e. The van der Waals surface area contributed by atoms with Crippen LogP contribution in [-0.2, 0) is 4.74 Å². The summed E-state index contributed by atoms with van der Waals surface area (Å²) in [5.74, 6) is -0.720. The Hall–Kier alpha value is -1.76. The molecule has 6 nitrogen and oxygen atoms in total. The van der Waals surface area contributed by atoms with Gasteiger partial charge in [-0.1, -0.05) is 13.8 Å². The molecule has 0 saturated carbocycles. The number of ether oxygens (including phenoxy) is 1. The monoisotopic (exact) mass is 313 g/mol. The van der Waals surface area contributed by atoms with Gasteiger partial charge in [0.2, 0.25) is 5.76 Å². The summed E-state index contributed by atoms with van der Waals surface area (Å²) >= 11 is 0. The molecule has 21 heavy (non-hydrogen) atoms. The Morgan fingerprint density at radius 2 is 1.90 bits per heavy atom. The third kappa shape index (κ3) is 4.63. The van der Waals surface area contributed by atoms with E-state index in [1.165, 1.54) is 6.07 Å². The lowest BCUT2D eigenvalue weighted by Crippen LogP contribution is -2.39. The summed E-state index contributed by atoms with van der Waals surface area (Å²) < 4.78 is 12.3. The molecular weight excluding hydrogens is 290 g/mol. The van der Waals surface area contributed by atoms with E-state index in [2.05, 4.69) is 0 Å². The Morgan fingerprint density at radius 1 is 1.33 bits per heavy atom. The maximum absolute atomic E-state index is 12.2. The average molecular weight is 313 g/mol. The number of aromatic carboxylic acids is 1. The first kappa shape index (κ1) is 17.3. The first-order valence-corrected chi connectivity index (χ1v) is 7.71. The summed E-state index contributed by atoms with van der Waals surface area (Å²) in [4.78, 5) is 23.1. The number of hydrogen-bond acceptors (Lipinski definition) is 4. The first-order chi connectivity index (χ1) is 9.53. The van der Waals surface area contributed by atoms with Gasteiger partial charge < -0.3 is 18.8 Å². The minimum atomic E-state index is -1.12. The van der Waals surface area contributed by atoms with Crippen LogP contribution in [0.4, 0.5) is 4.79 Å². The molecule has 0 aromatic carbocycles. The second-order valence-corrected chi connectivity index (χ2v) is 7.25. The first-order valence-electron chi connectivity index (χ1n) is 6.81. The van der Waals surface area contributed by atoms with Crippen molar-refractivity contribution in [3.8, 4) is 0 Å². The van der Waals surface area contributed by atoms with Gasteiger partial charge in [-0.2, -0.15) is 0 Å². The fourth-order valence-electron chi connectivity index (χ4n) is 2.04. The number of carbonyl (C=O) groups is 2. The Labute approximate surface area is 127 Å². The number of hydrogen-bond donors (Lipinski definition) is 1. The highest BCUT2D eigenvalue weighted by Gasteiger charge is 2.30. The summed E-state index contributed by atoms with van der Waals surface area (Å²) in [6, 6.07) is 2.67. The second kappa shape index (κ2) is 6.34. The predicted molar refractivity (Wildman–Crippen MR) is 81.3 cm³/mol. The molecule has 1 N–H and O–H groups in total. The fraction of sp³-hybridized carbons (Fsp3) is 0.571. The van der Waals surface area contributed by atoms with Crippen LogP contribution in [0.15, 0.2) is 16.5 Å². The molecule has 0 aliphatic heterocycles. The van der Waals surface area contributed by atoms with Crippen molar-refractivity contribution in [1.82, 2.24) is 4.57 Å². The zero-order valence-electron chi connectivity index (χ0n) is 13.3. The standard InChI is InChI=1S/C14H23NO5Si/c1-8(2)11(9-6-7-10(19-9)12(16)17)15(21)13(18)20-14(3,4)5/h6-8,11H,1-5,21H3,(H,16,17)/t11-/m0/s1. The van der Waals surface area contributed by atoms with Gasteiger partial charge in [-0.25, -0.2) is 9.59 Å². The number of rotatable bonds is 4. The quantitative estimate of drug-likeness (QED) is 0.862. The van der Waals surface area contributed by atoms with Gasteiger partial charge in [0, 0.05) is 0 Å². The van der Waals surface area contributed by atoms with Crippen molar-refractivity contribution in [2.75, 3.05) is 0 Å². The van der Waals surface area contributed by atoms with Crippen LogP contribution in [0.2, 0.25) is 0 Å². The van der Waals surface area contributed by atoms with Crippen LogP contribution in [0.1, 0.15) is 57.0 Å². The summed E-state index contributed by atoms with van der Waals surface area (Å²) in [7, 11) is 0.439. The van der Waals surface area contributed by atoms with Gasteiger partial charge in [0.1, 0.15) is 21.8 Å². The van der Waals surface area contributed by atoms with E-state index in [1.807, 2.05) is 13.8 Å². The number of carboxylic acid groups (broad SMARTS) is 1. The van der Waals surface area contributed by atoms with E-state index in [0.717, 1.165) is 0 Å². The SMILES string of the molecule is CC(C)[C@@H](c1ccc(C(=O)O)o1)N([SiH3])C(=O)OC(C)(C)C. The maximum atomic E-state index is 12.2. The Bertz CT molecular complexity index is 518. The molecule has 1 rings (SSSR count). The van der Waals surface area contributed by atoms with Gasteiger partial charge in [0.15, 0.2) is 0 Å². The van der Waals surface area contributed by atoms with Crippen LogP contribution in [-0.4, -0.2) is 37.7 Å². The van der Waals surface area contributed by atoms with Crippen LogP contribution in [0.5, 0.6) is 0 Å². The topological polar surface area (TPSA) is 80.0 Å². The fourth-order valence-corrected chi connectivity index (χ4v) is 2.98.